The molecule has 0 aliphatic carbocycles. The molecule has 0 saturated heterocycles. The van der Waals surface area contributed by atoms with Crippen LogP contribution in [-0.4, -0.2) is 41.9 Å². The van der Waals surface area contributed by atoms with Crippen molar-refractivity contribution < 1.29 is 9.53 Å². The molecule has 0 aliphatic rings. The Kier molecular flexibility index (Phi) is 4.81. The standard InChI is InChI=1S/C13H17N3O2S/c1-14-11(12(17)18-2)7-8-19-13-15-9-5-3-4-6-10(9)16-13/h3-6,11,14H,7-8H2,1-2H3,(H,15,16). The van der Waals surface area contributed by atoms with Crippen LogP contribution >= 0.6 is 11.8 Å². The number of ether oxygens (including phenoxy) is 1. The van der Waals surface area contributed by atoms with Crippen molar-refractivity contribution in [3.63, 3.8) is 0 Å². The SMILES string of the molecule is CNC(CCSc1nc2ccccc2[nH]1)C(=O)OC. The molecule has 19 heavy (non-hydrogen) atoms. The zero-order valence-electron chi connectivity index (χ0n) is 11.0. The van der Waals surface area contributed by atoms with E-state index in [2.05, 4.69) is 15.3 Å². The summed E-state index contributed by atoms with van der Waals surface area (Å²) >= 11 is 1.60. The van der Waals surface area contributed by atoms with Gasteiger partial charge in [0.2, 0.25) is 0 Å². The van der Waals surface area contributed by atoms with Crippen molar-refractivity contribution in [1.29, 1.82) is 0 Å². The molecule has 0 bridgehead atoms. The Bertz CT molecular complexity index is 523. The molecule has 1 heterocycles. The van der Waals surface area contributed by atoms with E-state index < -0.39 is 0 Å². The third-order valence-electron chi connectivity index (χ3n) is 2.85. The number of thioether (sulfide) groups is 1. The van der Waals surface area contributed by atoms with Crippen molar-refractivity contribution in [3.05, 3.63) is 24.3 Å². The summed E-state index contributed by atoms with van der Waals surface area (Å²) < 4.78 is 4.72. The van der Waals surface area contributed by atoms with E-state index in [9.17, 15) is 4.79 Å². The number of aromatic amines is 1. The van der Waals surface area contributed by atoms with Gasteiger partial charge in [-0.25, -0.2) is 4.98 Å². The molecule has 1 aromatic heterocycles. The maximum absolute atomic E-state index is 11.4. The van der Waals surface area contributed by atoms with Crippen LogP contribution in [0, 0.1) is 0 Å². The van der Waals surface area contributed by atoms with Gasteiger partial charge in [0.05, 0.1) is 18.1 Å². The van der Waals surface area contributed by atoms with E-state index in [0.717, 1.165) is 21.9 Å². The van der Waals surface area contributed by atoms with Crippen molar-refractivity contribution in [3.8, 4) is 0 Å². The maximum atomic E-state index is 11.4. The molecule has 6 heteroatoms. The number of benzene rings is 1. The van der Waals surface area contributed by atoms with Crippen LogP contribution < -0.4 is 5.32 Å². The van der Waals surface area contributed by atoms with Gasteiger partial charge < -0.3 is 15.0 Å². The van der Waals surface area contributed by atoms with Gasteiger partial charge >= 0.3 is 5.97 Å². The largest absolute Gasteiger partial charge is 0.468 e. The Labute approximate surface area is 116 Å². The summed E-state index contributed by atoms with van der Waals surface area (Å²) in [5.41, 5.74) is 1.99. The summed E-state index contributed by atoms with van der Waals surface area (Å²) in [5, 5.41) is 3.82. The Morgan fingerprint density at radius 1 is 1.53 bits per heavy atom. The molecule has 0 radical (unpaired) electrons. The molecule has 0 aliphatic heterocycles. The number of aromatic nitrogens is 2. The minimum absolute atomic E-state index is 0.229. The summed E-state index contributed by atoms with van der Waals surface area (Å²) in [7, 11) is 3.16. The van der Waals surface area contributed by atoms with E-state index in [1.807, 2.05) is 24.3 Å². The Morgan fingerprint density at radius 2 is 2.32 bits per heavy atom. The number of hydrogen-bond donors (Lipinski definition) is 2. The molecule has 0 spiro atoms. The van der Waals surface area contributed by atoms with Gasteiger partial charge in [-0.15, -0.1) is 0 Å². The summed E-state index contributed by atoms with van der Waals surface area (Å²) in [6, 6.07) is 7.65. The number of fused-ring (bicyclic) bond motifs is 1. The van der Waals surface area contributed by atoms with Crippen LogP contribution in [0.5, 0.6) is 0 Å². The molecule has 0 amide bonds. The number of hydrogen-bond acceptors (Lipinski definition) is 5. The van der Waals surface area contributed by atoms with Gasteiger partial charge in [0.1, 0.15) is 6.04 Å². The second-order valence-corrected chi connectivity index (χ2v) is 5.14. The van der Waals surface area contributed by atoms with Gasteiger partial charge in [-0.1, -0.05) is 23.9 Å². The van der Waals surface area contributed by atoms with Crippen molar-refractivity contribution >= 4 is 28.8 Å². The van der Waals surface area contributed by atoms with E-state index in [1.54, 1.807) is 18.8 Å². The number of carbonyl (C=O) groups is 1. The number of rotatable bonds is 6. The van der Waals surface area contributed by atoms with Gasteiger partial charge in [0, 0.05) is 5.75 Å². The first-order chi connectivity index (χ1) is 9.24. The predicted molar refractivity (Wildman–Crippen MR) is 76.3 cm³/mol. The van der Waals surface area contributed by atoms with E-state index in [1.165, 1.54) is 7.11 Å². The summed E-state index contributed by atoms with van der Waals surface area (Å²) in [5.74, 6) is 0.563. The highest BCUT2D eigenvalue weighted by Gasteiger charge is 2.16. The normalized spacial score (nSPS) is 12.5. The minimum atomic E-state index is -0.262. The third-order valence-corrected chi connectivity index (χ3v) is 3.75. The lowest BCUT2D eigenvalue weighted by Crippen LogP contribution is -2.35. The van der Waals surface area contributed by atoms with Gasteiger partial charge in [0.25, 0.3) is 0 Å². The second-order valence-electron chi connectivity index (χ2n) is 4.06. The van der Waals surface area contributed by atoms with Gasteiger partial charge in [-0.3, -0.25) is 4.79 Å². The second kappa shape index (κ2) is 6.58. The fourth-order valence-electron chi connectivity index (χ4n) is 1.79. The highest BCUT2D eigenvalue weighted by Crippen LogP contribution is 2.20. The maximum Gasteiger partial charge on any atom is 0.322 e. The molecule has 2 rings (SSSR count). The molecule has 0 saturated carbocycles. The number of nitrogens with zero attached hydrogens (tertiary/aromatic N) is 1. The van der Waals surface area contributed by atoms with Crippen LogP contribution in [-0.2, 0) is 9.53 Å². The summed E-state index contributed by atoms with van der Waals surface area (Å²) in [6.07, 6.45) is 0.699. The minimum Gasteiger partial charge on any atom is -0.468 e. The molecular formula is C13H17N3O2S. The number of methoxy groups -OCH3 is 1. The fraction of sp³-hybridized carbons (Fsp3) is 0.385. The average Bonchev–Trinajstić information content (AvgIpc) is 2.85. The zero-order valence-corrected chi connectivity index (χ0v) is 11.8. The number of imidazole rings is 1. The van der Waals surface area contributed by atoms with Crippen LogP contribution in [0.4, 0.5) is 0 Å². The Hall–Kier alpha value is -1.53. The van der Waals surface area contributed by atoms with E-state index >= 15 is 0 Å². The van der Waals surface area contributed by atoms with Gasteiger partial charge in [-0.05, 0) is 25.6 Å². The highest BCUT2D eigenvalue weighted by molar-refractivity contribution is 7.99. The lowest BCUT2D eigenvalue weighted by molar-refractivity contribution is -0.143. The van der Waals surface area contributed by atoms with Crippen molar-refractivity contribution in [2.45, 2.75) is 17.6 Å². The molecule has 1 unspecified atom stereocenters. The van der Waals surface area contributed by atoms with Crippen molar-refractivity contribution in [1.82, 2.24) is 15.3 Å². The van der Waals surface area contributed by atoms with Gasteiger partial charge in [-0.2, -0.15) is 0 Å². The lowest BCUT2D eigenvalue weighted by Gasteiger charge is -2.12. The van der Waals surface area contributed by atoms with Crippen molar-refractivity contribution in [2.75, 3.05) is 19.9 Å². The zero-order chi connectivity index (χ0) is 13.7. The quantitative estimate of drug-likeness (QED) is 0.623. The van der Waals surface area contributed by atoms with Crippen LogP contribution in [0.15, 0.2) is 29.4 Å². The number of nitrogens with one attached hydrogen (secondary N) is 2. The molecule has 1 atom stereocenters. The molecule has 2 aromatic rings. The summed E-state index contributed by atoms with van der Waals surface area (Å²) in [6.45, 7) is 0. The van der Waals surface area contributed by atoms with E-state index in [-0.39, 0.29) is 12.0 Å². The number of esters is 1. The smallest absolute Gasteiger partial charge is 0.322 e. The average molecular weight is 279 g/mol. The Balaban J connectivity index is 1.90. The fourth-order valence-corrected chi connectivity index (χ4v) is 2.69. The van der Waals surface area contributed by atoms with Crippen LogP contribution in [0.3, 0.4) is 0 Å². The van der Waals surface area contributed by atoms with Crippen LogP contribution in [0.1, 0.15) is 6.42 Å². The number of para-hydroxylation sites is 2. The number of likely N-dealkylation sites (N-methyl/N-ethyl adjacent to an activating group) is 1. The van der Waals surface area contributed by atoms with E-state index in [0.29, 0.717) is 6.42 Å². The first-order valence-corrected chi connectivity index (χ1v) is 7.06. The predicted octanol–water partition coefficient (Wildman–Crippen LogP) is 1.81. The number of carbonyl (C=O) groups excluding carboxylic acids is 1. The molecule has 0 fully saturated rings. The van der Waals surface area contributed by atoms with Crippen LogP contribution in [0.25, 0.3) is 11.0 Å². The van der Waals surface area contributed by atoms with E-state index in [4.69, 9.17) is 4.74 Å². The van der Waals surface area contributed by atoms with Gasteiger partial charge in [0.15, 0.2) is 5.16 Å². The Morgan fingerprint density at radius 3 is 3.00 bits per heavy atom. The molecule has 5 nitrogen and oxygen atoms in total. The highest BCUT2D eigenvalue weighted by atomic mass is 32.2. The first-order valence-electron chi connectivity index (χ1n) is 6.07. The number of H-pyrrole nitrogens is 1. The first kappa shape index (κ1) is 13.9. The topological polar surface area (TPSA) is 67.0 Å². The summed E-state index contributed by atoms with van der Waals surface area (Å²) in [4.78, 5) is 19.1. The molecule has 1 aromatic carbocycles. The third kappa shape index (κ3) is 3.48. The van der Waals surface area contributed by atoms with Crippen LogP contribution in [0.2, 0.25) is 0 Å². The molecular weight excluding hydrogens is 262 g/mol. The molecule has 102 valence electrons. The van der Waals surface area contributed by atoms with Crippen molar-refractivity contribution in [2.24, 2.45) is 0 Å². The monoisotopic (exact) mass is 279 g/mol. The lowest BCUT2D eigenvalue weighted by atomic mass is 10.2. The molecule has 2 N–H and O–H groups in total.